The summed E-state index contributed by atoms with van der Waals surface area (Å²) in [4.78, 5) is 37.1. The first kappa shape index (κ1) is 24.8. The Kier molecular flexibility index (Phi) is 6.10. The Morgan fingerprint density at radius 2 is 1.92 bits per heavy atom. The number of carbonyl (C=O) groups is 2. The van der Waals surface area contributed by atoms with Crippen LogP contribution in [0.2, 0.25) is 0 Å². The van der Waals surface area contributed by atoms with E-state index in [9.17, 15) is 18.0 Å². The standard InChI is InChI=1S/C26H30N6O5S/c1-2-18-12-26(18,24(34)31-38(35,36)20-7-8-20)30-23(33)21-11-19(13-28-21)37-22-9-10-27-25(29-22)32-14-16-5-3-4-6-17(16)15-32/h2-6,9-10,18-21,28H,1,7-8,11-15H2,(H,30,33)(H,31,34)/t18?,19-,21+,26?/m1/s1. The predicted molar refractivity (Wildman–Crippen MR) is 138 cm³/mol. The topological polar surface area (TPSA) is 143 Å². The Morgan fingerprint density at radius 3 is 2.58 bits per heavy atom. The molecule has 0 spiro atoms. The number of anilines is 1. The lowest BCUT2D eigenvalue weighted by atomic mass is 10.1. The second-order valence-corrected chi connectivity index (χ2v) is 12.4. The van der Waals surface area contributed by atoms with Gasteiger partial charge >= 0.3 is 0 Å². The molecule has 3 N–H and O–H groups in total. The SMILES string of the molecule is C=CC1CC1(NC(=O)[C@@H]1C[C@@H](Oc2ccnc(N3Cc4ccccc4C3)n2)CN1)C(=O)NS(=O)(=O)C1CC1. The summed E-state index contributed by atoms with van der Waals surface area (Å²) in [5, 5.41) is 5.40. The van der Waals surface area contributed by atoms with Crippen molar-refractivity contribution in [1.29, 1.82) is 0 Å². The van der Waals surface area contributed by atoms with Crippen molar-refractivity contribution in [3.05, 3.63) is 60.3 Å². The number of hydrogen-bond acceptors (Lipinski definition) is 9. The number of sulfonamides is 1. The fraction of sp³-hybridized carbons (Fsp3) is 0.462. The normalized spacial score (nSPS) is 27.9. The highest BCUT2D eigenvalue weighted by molar-refractivity contribution is 7.91. The van der Waals surface area contributed by atoms with Crippen LogP contribution in [0.25, 0.3) is 0 Å². The molecule has 2 aliphatic heterocycles. The summed E-state index contributed by atoms with van der Waals surface area (Å²) in [6.07, 6.45) is 4.69. The molecule has 2 unspecified atom stereocenters. The number of carbonyl (C=O) groups excluding carboxylic acids is 2. The highest BCUT2D eigenvalue weighted by atomic mass is 32.2. The van der Waals surface area contributed by atoms with Crippen LogP contribution >= 0.6 is 0 Å². The van der Waals surface area contributed by atoms with Crippen LogP contribution < -0.4 is 25.0 Å². The van der Waals surface area contributed by atoms with Gasteiger partial charge in [-0.1, -0.05) is 30.3 Å². The molecule has 1 aromatic heterocycles. The third-order valence-electron chi connectivity index (χ3n) is 7.68. The molecule has 200 valence electrons. The van der Waals surface area contributed by atoms with E-state index in [0.29, 0.717) is 44.1 Å². The Hall–Kier alpha value is -3.51. The van der Waals surface area contributed by atoms with Crippen LogP contribution in [0, 0.1) is 5.92 Å². The van der Waals surface area contributed by atoms with Crippen LogP contribution in [0.3, 0.4) is 0 Å². The van der Waals surface area contributed by atoms with Gasteiger partial charge in [-0.2, -0.15) is 4.98 Å². The van der Waals surface area contributed by atoms with Gasteiger partial charge in [-0.3, -0.25) is 14.3 Å². The second-order valence-electron chi connectivity index (χ2n) is 10.4. The Bertz CT molecular complexity index is 1370. The largest absolute Gasteiger partial charge is 0.473 e. The Labute approximate surface area is 221 Å². The number of hydrogen-bond donors (Lipinski definition) is 3. The van der Waals surface area contributed by atoms with Crippen molar-refractivity contribution in [2.75, 3.05) is 11.4 Å². The number of rotatable bonds is 9. The molecular weight excluding hydrogens is 508 g/mol. The smallest absolute Gasteiger partial charge is 0.259 e. The van der Waals surface area contributed by atoms with E-state index < -0.39 is 32.8 Å². The van der Waals surface area contributed by atoms with Gasteiger partial charge in [-0.25, -0.2) is 13.4 Å². The van der Waals surface area contributed by atoms with Crippen LogP contribution in [-0.4, -0.2) is 59.7 Å². The average molecular weight is 539 g/mol. The van der Waals surface area contributed by atoms with E-state index in [-0.39, 0.29) is 17.9 Å². The second kappa shape index (κ2) is 9.35. The zero-order valence-corrected chi connectivity index (χ0v) is 21.6. The molecule has 3 fully saturated rings. The molecular formula is C26H30N6O5S. The number of ether oxygens (including phenoxy) is 1. The lowest BCUT2D eigenvalue weighted by Crippen LogP contribution is -2.55. The maximum Gasteiger partial charge on any atom is 0.259 e. The van der Waals surface area contributed by atoms with E-state index in [1.54, 1.807) is 18.3 Å². The summed E-state index contributed by atoms with van der Waals surface area (Å²) < 4.78 is 32.8. The number of fused-ring (bicyclic) bond motifs is 1. The van der Waals surface area contributed by atoms with Crippen LogP contribution in [0.4, 0.5) is 5.95 Å². The van der Waals surface area contributed by atoms with Crippen molar-refractivity contribution in [2.45, 2.75) is 61.7 Å². The molecule has 3 heterocycles. The van der Waals surface area contributed by atoms with Gasteiger partial charge in [0.1, 0.15) is 11.6 Å². The van der Waals surface area contributed by atoms with E-state index in [2.05, 4.69) is 48.9 Å². The molecule has 38 heavy (non-hydrogen) atoms. The average Bonchev–Trinajstić information content (AvgIpc) is 3.79. The van der Waals surface area contributed by atoms with Crippen molar-refractivity contribution in [3.63, 3.8) is 0 Å². The zero-order valence-electron chi connectivity index (χ0n) is 20.8. The maximum absolute atomic E-state index is 13.1. The van der Waals surface area contributed by atoms with Crippen molar-refractivity contribution in [1.82, 2.24) is 25.3 Å². The monoisotopic (exact) mass is 538 g/mol. The van der Waals surface area contributed by atoms with Gasteiger partial charge in [0.2, 0.25) is 27.8 Å². The van der Waals surface area contributed by atoms with E-state index >= 15 is 0 Å². The molecule has 2 aliphatic carbocycles. The summed E-state index contributed by atoms with van der Waals surface area (Å²) in [5.74, 6) is -0.403. The first-order valence-corrected chi connectivity index (χ1v) is 14.4. The first-order chi connectivity index (χ1) is 18.3. The van der Waals surface area contributed by atoms with Gasteiger partial charge in [-0.05, 0) is 30.4 Å². The summed E-state index contributed by atoms with van der Waals surface area (Å²) in [7, 11) is -3.72. The molecule has 1 saturated heterocycles. The molecule has 1 aromatic carbocycles. The van der Waals surface area contributed by atoms with E-state index in [0.717, 1.165) is 13.1 Å². The molecule has 11 nitrogen and oxygen atoms in total. The molecule has 4 atom stereocenters. The van der Waals surface area contributed by atoms with Crippen LogP contribution in [-0.2, 0) is 32.7 Å². The van der Waals surface area contributed by atoms with Gasteiger partial charge in [0.05, 0.1) is 11.3 Å². The number of nitrogens with one attached hydrogen (secondary N) is 3. The van der Waals surface area contributed by atoms with Crippen LogP contribution in [0.1, 0.15) is 36.8 Å². The molecule has 2 saturated carbocycles. The molecule has 0 radical (unpaired) electrons. The van der Waals surface area contributed by atoms with Crippen LogP contribution in [0.15, 0.2) is 49.2 Å². The number of benzene rings is 1. The minimum absolute atomic E-state index is 0.307. The fourth-order valence-electron chi connectivity index (χ4n) is 5.21. The van der Waals surface area contributed by atoms with Gasteiger partial charge in [0, 0.05) is 44.2 Å². The van der Waals surface area contributed by atoms with E-state index in [1.165, 1.54) is 11.1 Å². The Morgan fingerprint density at radius 1 is 1.18 bits per heavy atom. The molecule has 0 bridgehead atoms. The number of aromatic nitrogens is 2. The highest BCUT2D eigenvalue weighted by Gasteiger charge is 2.61. The van der Waals surface area contributed by atoms with Gasteiger partial charge < -0.3 is 20.3 Å². The quantitative estimate of drug-likeness (QED) is 0.395. The van der Waals surface area contributed by atoms with E-state index in [1.807, 2.05) is 12.1 Å². The van der Waals surface area contributed by atoms with Gasteiger partial charge in [-0.15, -0.1) is 6.58 Å². The summed E-state index contributed by atoms with van der Waals surface area (Å²) >= 11 is 0. The summed E-state index contributed by atoms with van der Waals surface area (Å²) in [5.41, 5.74) is 1.21. The molecule has 4 aliphatic rings. The Balaban J connectivity index is 1.06. The first-order valence-electron chi connectivity index (χ1n) is 12.8. The minimum Gasteiger partial charge on any atom is -0.473 e. The van der Waals surface area contributed by atoms with Crippen molar-refractivity contribution in [2.24, 2.45) is 5.92 Å². The number of nitrogens with zero attached hydrogens (tertiary/aromatic N) is 3. The molecule has 2 amide bonds. The minimum atomic E-state index is -3.72. The maximum atomic E-state index is 13.1. The van der Waals surface area contributed by atoms with Gasteiger partial charge in [0.15, 0.2) is 0 Å². The third-order valence-corrected chi connectivity index (χ3v) is 9.50. The molecule has 2 aromatic rings. The van der Waals surface area contributed by atoms with Crippen molar-refractivity contribution >= 4 is 27.8 Å². The number of amides is 2. The zero-order chi connectivity index (χ0) is 26.5. The lowest BCUT2D eigenvalue weighted by Gasteiger charge is -2.21. The fourth-order valence-corrected chi connectivity index (χ4v) is 6.58. The third kappa shape index (κ3) is 4.73. The van der Waals surface area contributed by atoms with Crippen molar-refractivity contribution < 1.29 is 22.7 Å². The van der Waals surface area contributed by atoms with Crippen LogP contribution in [0.5, 0.6) is 5.88 Å². The lowest BCUT2D eigenvalue weighted by molar-refractivity contribution is -0.130. The highest BCUT2D eigenvalue weighted by Crippen LogP contribution is 2.45. The molecule has 12 heteroatoms. The van der Waals surface area contributed by atoms with Gasteiger partial charge in [0.25, 0.3) is 5.91 Å². The summed E-state index contributed by atoms with van der Waals surface area (Å²) in [6.45, 7) is 5.61. The van der Waals surface area contributed by atoms with Crippen molar-refractivity contribution in [3.8, 4) is 5.88 Å². The predicted octanol–water partition coefficient (Wildman–Crippen LogP) is 0.775. The summed E-state index contributed by atoms with van der Waals surface area (Å²) in [6, 6.07) is 9.35. The molecule has 6 rings (SSSR count). The van der Waals surface area contributed by atoms with E-state index in [4.69, 9.17) is 4.74 Å².